The molecule has 20 heavy (non-hydrogen) atoms. The van der Waals surface area contributed by atoms with E-state index in [2.05, 4.69) is 17.2 Å². The molecule has 0 bridgehead atoms. The molecule has 1 rings (SSSR count). The minimum Gasteiger partial charge on any atom is -0.356 e. The molecule has 0 atom stereocenters. The van der Waals surface area contributed by atoms with Gasteiger partial charge in [-0.3, -0.25) is 4.79 Å². The highest BCUT2D eigenvalue weighted by Gasteiger charge is 2.00. The van der Waals surface area contributed by atoms with Crippen LogP contribution in [-0.4, -0.2) is 22.0 Å². The van der Waals surface area contributed by atoms with Gasteiger partial charge in [0.2, 0.25) is 5.91 Å². The molecule has 0 saturated carbocycles. The van der Waals surface area contributed by atoms with Gasteiger partial charge in [0.05, 0.1) is 6.33 Å². The Morgan fingerprint density at radius 3 is 2.55 bits per heavy atom. The van der Waals surface area contributed by atoms with Gasteiger partial charge in [-0.2, -0.15) is 0 Å². The van der Waals surface area contributed by atoms with Crippen molar-refractivity contribution in [3.05, 3.63) is 18.7 Å². The van der Waals surface area contributed by atoms with Crippen molar-refractivity contribution in [3.63, 3.8) is 0 Å². The third-order valence-corrected chi connectivity index (χ3v) is 3.48. The number of aromatic nitrogens is 2. The number of unbranched alkanes of at least 4 members (excludes halogenated alkanes) is 6. The zero-order valence-corrected chi connectivity index (χ0v) is 12.8. The summed E-state index contributed by atoms with van der Waals surface area (Å²) >= 11 is 0. The van der Waals surface area contributed by atoms with Crippen LogP contribution in [-0.2, 0) is 11.3 Å². The van der Waals surface area contributed by atoms with Crippen LogP contribution in [0.2, 0.25) is 0 Å². The van der Waals surface area contributed by atoms with Crippen LogP contribution in [0, 0.1) is 0 Å². The zero-order chi connectivity index (χ0) is 14.5. The molecule has 114 valence electrons. The predicted octanol–water partition coefficient (Wildman–Crippen LogP) is 3.53. The molecule has 0 unspecified atom stereocenters. The Morgan fingerprint density at radius 2 is 1.85 bits per heavy atom. The number of nitrogens with zero attached hydrogens (tertiary/aromatic N) is 2. The van der Waals surface area contributed by atoms with Crippen molar-refractivity contribution in [2.45, 2.75) is 71.3 Å². The lowest BCUT2D eigenvalue weighted by Crippen LogP contribution is -2.24. The van der Waals surface area contributed by atoms with E-state index in [0.717, 1.165) is 25.9 Å². The van der Waals surface area contributed by atoms with Crippen molar-refractivity contribution in [1.29, 1.82) is 0 Å². The average Bonchev–Trinajstić information content (AvgIpc) is 2.96. The normalized spacial score (nSPS) is 10.7. The van der Waals surface area contributed by atoms with E-state index in [1.54, 1.807) is 12.5 Å². The molecule has 0 radical (unpaired) electrons. The third kappa shape index (κ3) is 8.73. The molecule has 1 N–H and O–H groups in total. The largest absolute Gasteiger partial charge is 0.356 e. The molecule has 1 aromatic heterocycles. The summed E-state index contributed by atoms with van der Waals surface area (Å²) in [7, 11) is 0. The number of rotatable bonds is 12. The summed E-state index contributed by atoms with van der Waals surface area (Å²) in [5, 5.41) is 2.98. The molecule has 0 saturated heterocycles. The number of amides is 1. The lowest BCUT2D eigenvalue weighted by molar-refractivity contribution is -0.121. The van der Waals surface area contributed by atoms with Crippen LogP contribution in [0.4, 0.5) is 0 Å². The van der Waals surface area contributed by atoms with E-state index in [4.69, 9.17) is 0 Å². The molecule has 0 aromatic carbocycles. The summed E-state index contributed by atoms with van der Waals surface area (Å²) in [5.74, 6) is 0.198. The summed E-state index contributed by atoms with van der Waals surface area (Å²) in [6, 6.07) is 0. The van der Waals surface area contributed by atoms with E-state index in [0.29, 0.717) is 6.42 Å². The highest BCUT2D eigenvalue weighted by Crippen LogP contribution is 2.08. The topological polar surface area (TPSA) is 46.9 Å². The Balaban J connectivity index is 1.85. The molecule has 4 nitrogen and oxygen atoms in total. The van der Waals surface area contributed by atoms with Crippen molar-refractivity contribution >= 4 is 5.91 Å². The van der Waals surface area contributed by atoms with E-state index in [-0.39, 0.29) is 5.91 Å². The van der Waals surface area contributed by atoms with E-state index in [1.165, 1.54) is 38.5 Å². The Hall–Kier alpha value is -1.32. The van der Waals surface area contributed by atoms with E-state index < -0.39 is 0 Å². The second kappa shape index (κ2) is 11.5. The molecule has 1 amide bonds. The fraction of sp³-hybridized carbons (Fsp3) is 0.750. The number of aryl methyl sites for hydroxylation is 1. The molecule has 0 spiro atoms. The summed E-state index contributed by atoms with van der Waals surface area (Å²) in [6.45, 7) is 3.91. The number of imidazole rings is 1. The SMILES string of the molecule is CCCCCCCCCC(=O)NCCCn1ccnc1. The summed E-state index contributed by atoms with van der Waals surface area (Å²) in [5.41, 5.74) is 0. The third-order valence-electron chi connectivity index (χ3n) is 3.48. The van der Waals surface area contributed by atoms with Crippen LogP contribution < -0.4 is 5.32 Å². The van der Waals surface area contributed by atoms with Crippen LogP contribution in [0.1, 0.15) is 64.7 Å². The molecule has 0 aliphatic carbocycles. The maximum atomic E-state index is 11.6. The fourth-order valence-electron chi connectivity index (χ4n) is 2.24. The maximum absolute atomic E-state index is 11.6. The van der Waals surface area contributed by atoms with E-state index in [1.807, 2.05) is 10.8 Å². The Kier molecular flexibility index (Phi) is 9.62. The van der Waals surface area contributed by atoms with Gasteiger partial charge in [-0.1, -0.05) is 45.4 Å². The number of hydrogen-bond donors (Lipinski definition) is 1. The van der Waals surface area contributed by atoms with Gasteiger partial charge in [-0.25, -0.2) is 4.98 Å². The van der Waals surface area contributed by atoms with Gasteiger partial charge >= 0.3 is 0 Å². The van der Waals surface area contributed by atoms with Gasteiger partial charge < -0.3 is 9.88 Å². The molecule has 0 aliphatic heterocycles. The molecule has 1 heterocycles. The van der Waals surface area contributed by atoms with Crippen molar-refractivity contribution in [2.24, 2.45) is 0 Å². The van der Waals surface area contributed by atoms with Crippen molar-refractivity contribution in [2.75, 3.05) is 6.54 Å². The Bertz CT molecular complexity index is 336. The quantitative estimate of drug-likeness (QED) is 0.595. The minimum atomic E-state index is 0.198. The second-order valence-electron chi connectivity index (χ2n) is 5.38. The number of nitrogens with one attached hydrogen (secondary N) is 1. The minimum absolute atomic E-state index is 0.198. The van der Waals surface area contributed by atoms with Crippen molar-refractivity contribution < 1.29 is 4.79 Å². The van der Waals surface area contributed by atoms with Crippen LogP contribution in [0.15, 0.2) is 18.7 Å². The molecular formula is C16H29N3O. The highest BCUT2D eigenvalue weighted by atomic mass is 16.1. The first kappa shape index (κ1) is 16.7. The van der Waals surface area contributed by atoms with Gasteiger partial charge in [0.25, 0.3) is 0 Å². The standard InChI is InChI=1S/C16H29N3O/c1-2-3-4-5-6-7-8-10-16(20)18-11-9-13-19-14-12-17-15-19/h12,14-15H,2-11,13H2,1H3,(H,18,20). The fourth-order valence-corrected chi connectivity index (χ4v) is 2.24. The van der Waals surface area contributed by atoms with Crippen molar-refractivity contribution in [1.82, 2.24) is 14.9 Å². The summed E-state index contributed by atoms with van der Waals surface area (Å²) in [4.78, 5) is 15.6. The van der Waals surface area contributed by atoms with E-state index in [9.17, 15) is 4.79 Å². The highest BCUT2D eigenvalue weighted by molar-refractivity contribution is 5.75. The molecule has 4 heteroatoms. The van der Waals surface area contributed by atoms with Crippen LogP contribution in [0.25, 0.3) is 0 Å². The lowest BCUT2D eigenvalue weighted by Gasteiger charge is -2.06. The number of hydrogen-bond acceptors (Lipinski definition) is 2. The average molecular weight is 279 g/mol. The predicted molar refractivity (Wildman–Crippen MR) is 82.5 cm³/mol. The first-order chi connectivity index (χ1) is 9.83. The van der Waals surface area contributed by atoms with E-state index >= 15 is 0 Å². The Labute approximate surface area is 123 Å². The van der Waals surface area contributed by atoms with Crippen LogP contribution in [0.3, 0.4) is 0 Å². The van der Waals surface area contributed by atoms with Crippen molar-refractivity contribution in [3.8, 4) is 0 Å². The first-order valence-electron chi connectivity index (χ1n) is 8.05. The van der Waals surface area contributed by atoms with Crippen LogP contribution >= 0.6 is 0 Å². The summed E-state index contributed by atoms with van der Waals surface area (Å²) in [6.07, 6.45) is 16.0. The molecule has 0 aliphatic rings. The zero-order valence-electron chi connectivity index (χ0n) is 12.8. The lowest BCUT2D eigenvalue weighted by atomic mass is 10.1. The summed E-state index contributed by atoms with van der Waals surface area (Å²) < 4.78 is 2.03. The first-order valence-corrected chi connectivity index (χ1v) is 8.05. The molecular weight excluding hydrogens is 250 g/mol. The second-order valence-corrected chi connectivity index (χ2v) is 5.38. The van der Waals surface area contributed by atoms with Crippen LogP contribution in [0.5, 0.6) is 0 Å². The monoisotopic (exact) mass is 279 g/mol. The van der Waals surface area contributed by atoms with Gasteiger partial charge in [-0.15, -0.1) is 0 Å². The molecule has 0 fully saturated rings. The number of carbonyl (C=O) groups is 1. The maximum Gasteiger partial charge on any atom is 0.219 e. The van der Waals surface area contributed by atoms with Gasteiger partial charge in [0.15, 0.2) is 0 Å². The van der Waals surface area contributed by atoms with Gasteiger partial charge in [0.1, 0.15) is 0 Å². The Morgan fingerprint density at radius 1 is 1.10 bits per heavy atom. The van der Waals surface area contributed by atoms with Gasteiger partial charge in [-0.05, 0) is 12.8 Å². The number of carbonyl (C=O) groups excluding carboxylic acids is 1. The molecule has 1 aromatic rings. The smallest absolute Gasteiger partial charge is 0.219 e. The van der Waals surface area contributed by atoms with Gasteiger partial charge in [0, 0.05) is 31.9 Å².